The molecule has 3 heterocycles. The van der Waals surface area contributed by atoms with Crippen LogP contribution in [0.15, 0.2) is 122 Å². The lowest BCUT2D eigenvalue weighted by molar-refractivity contribution is 0.262. The first-order valence-electron chi connectivity index (χ1n) is 12.0. The van der Waals surface area contributed by atoms with Crippen molar-refractivity contribution in [3.8, 4) is 38.6 Å². The number of anilines is 2. The van der Waals surface area contributed by atoms with E-state index in [1.165, 1.54) is 11.3 Å². The highest BCUT2D eigenvalue weighted by atomic mass is 32.1. The highest BCUT2D eigenvalue weighted by molar-refractivity contribution is 7.19. The third-order valence-corrected chi connectivity index (χ3v) is 6.87. The lowest BCUT2D eigenvalue weighted by Gasteiger charge is -2.05. The molecule has 0 aliphatic carbocycles. The fourth-order valence-corrected chi connectivity index (χ4v) is 5.08. The molecule has 0 atom stereocenters. The number of para-hydroxylation sites is 1. The summed E-state index contributed by atoms with van der Waals surface area (Å²) >= 11 is 1.44. The van der Waals surface area contributed by atoms with E-state index >= 15 is 0 Å². The fraction of sp³-hybridized carbons (Fsp3) is 0. The maximum atomic E-state index is 13.2. The van der Waals surface area contributed by atoms with Crippen LogP contribution in [0.25, 0.3) is 38.6 Å². The molecule has 8 heteroatoms. The Morgan fingerprint density at radius 1 is 0.711 bits per heavy atom. The molecule has 0 aliphatic heterocycles. The molecule has 7 nitrogen and oxygen atoms in total. The molecule has 0 saturated carbocycles. The first kappa shape index (κ1) is 23.3. The second-order valence-electron chi connectivity index (χ2n) is 8.42. The molecule has 0 aliphatic rings. The molecule has 3 aromatic carbocycles. The molecule has 38 heavy (non-hydrogen) atoms. The molecule has 2 amide bonds. The van der Waals surface area contributed by atoms with Crippen LogP contribution in [0.2, 0.25) is 0 Å². The topological polar surface area (TPSA) is 84.7 Å². The lowest BCUT2D eigenvalue weighted by atomic mass is 10.1. The highest BCUT2D eigenvalue weighted by Crippen LogP contribution is 2.39. The van der Waals surface area contributed by atoms with E-state index in [1.807, 2.05) is 103 Å². The van der Waals surface area contributed by atoms with Gasteiger partial charge in [0.05, 0.1) is 28.1 Å². The van der Waals surface area contributed by atoms with E-state index in [9.17, 15) is 4.79 Å². The van der Waals surface area contributed by atoms with Crippen LogP contribution < -0.4 is 10.6 Å². The number of carbonyl (C=O) groups excluding carboxylic acids is 1. The third kappa shape index (κ3) is 4.93. The molecule has 0 radical (unpaired) electrons. The van der Waals surface area contributed by atoms with Crippen molar-refractivity contribution in [2.45, 2.75) is 0 Å². The molecule has 3 aromatic heterocycles. The minimum absolute atomic E-state index is 0.407. The van der Waals surface area contributed by atoms with Crippen molar-refractivity contribution >= 4 is 28.2 Å². The zero-order valence-electron chi connectivity index (χ0n) is 20.2. The van der Waals surface area contributed by atoms with Crippen LogP contribution in [0.4, 0.5) is 15.6 Å². The summed E-state index contributed by atoms with van der Waals surface area (Å²) in [7, 11) is 0. The number of nitrogens with one attached hydrogen (secondary N) is 2. The van der Waals surface area contributed by atoms with Gasteiger partial charge in [-0.1, -0.05) is 90.2 Å². The van der Waals surface area contributed by atoms with Crippen LogP contribution >= 0.6 is 11.3 Å². The van der Waals surface area contributed by atoms with Crippen molar-refractivity contribution in [1.29, 1.82) is 0 Å². The number of aromatic nitrogens is 4. The van der Waals surface area contributed by atoms with Crippen molar-refractivity contribution in [3.05, 3.63) is 122 Å². The summed E-state index contributed by atoms with van der Waals surface area (Å²) in [5.41, 5.74) is 5.70. The predicted molar refractivity (Wildman–Crippen MR) is 152 cm³/mol. The summed E-state index contributed by atoms with van der Waals surface area (Å²) < 4.78 is 1.74. The Balaban J connectivity index is 1.31. The van der Waals surface area contributed by atoms with E-state index in [-0.39, 0.29) is 0 Å². The van der Waals surface area contributed by atoms with Gasteiger partial charge in [-0.2, -0.15) is 5.10 Å². The van der Waals surface area contributed by atoms with Gasteiger partial charge in [0.1, 0.15) is 5.69 Å². The zero-order chi connectivity index (χ0) is 25.7. The number of thiazole rings is 1. The largest absolute Gasteiger partial charge is 0.325 e. The molecule has 6 rings (SSSR count). The molecule has 2 N–H and O–H groups in total. The van der Waals surface area contributed by atoms with E-state index in [0.717, 1.165) is 32.9 Å². The van der Waals surface area contributed by atoms with E-state index in [2.05, 4.69) is 15.6 Å². The van der Waals surface area contributed by atoms with Gasteiger partial charge in [0.15, 0.2) is 5.13 Å². The Labute approximate surface area is 223 Å². The minimum atomic E-state index is -0.407. The quantitative estimate of drug-likeness (QED) is 0.243. The number of pyridine rings is 1. The average molecular weight is 515 g/mol. The highest BCUT2D eigenvalue weighted by Gasteiger charge is 2.19. The molecular formula is C30H22N6OS. The van der Waals surface area contributed by atoms with Gasteiger partial charge in [0.2, 0.25) is 0 Å². The van der Waals surface area contributed by atoms with Gasteiger partial charge in [0.25, 0.3) is 0 Å². The minimum Gasteiger partial charge on any atom is -0.304 e. The zero-order valence-corrected chi connectivity index (χ0v) is 21.0. The van der Waals surface area contributed by atoms with Gasteiger partial charge in [-0.3, -0.25) is 10.3 Å². The molecule has 0 fully saturated rings. The first-order chi connectivity index (χ1) is 18.7. The van der Waals surface area contributed by atoms with Crippen LogP contribution in [0, 0.1) is 0 Å². The van der Waals surface area contributed by atoms with Crippen molar-refractivity contribution in [2.75, 3.05) is 10.6 Å². The summed E-state index contributed by atoms with van der Waals surface area (Å²) in [6.07, 6.45) is 5.22. The predicted octanol–water partition coefficient (Wildman–Crippen LogP) is 7.37. The number of urea groups is 1. The van der Waals surface area contributed by atoms with Crippen LogP contribution in [-0.4, -0.2) is 25.8 Å². The van der Waals surface area contributed by atoms with Crippen LogP contribution in [-0.2, 0) is 0 Å². The summed E-state index contributed by atoms with van der Waals surface area (Å²) in [6.45, 7) is 0. The van der Waals surface area contributed by atoms with Gasteiger partial charge >= 0.3 is 6.03 Å². The Morgan fingerprint density at radius 3 is 2.05 bits per heavy atom. The van der Waals surface area contributed by atoms with Crippen LogP contribution in [0.5, 0.6) is 0 Å². The Morgan fingerprint density at radius 2 is 1.37 bits per heavy atom. The number of rotatable bonds is 6. The first-order valence-corrected chi connectivity index (χ1v) is 12.8. The molecule has 0 bridgehead atoms. The number of hydrogen-bond acceptors (Lipinski definition) is 5. The van der Waals surface area contributed by atoms with Crippen molar-refractivity contribution in [3.63, 3.8) is 0 Å². The number of carbonyl (C=O) groups is 1. The van der Waals surface area contributed by atoms with Crippen LogP contribution in [0.1, 0.15) is 0 Å². The van der Waals surface area contributed by atoms with E-state index in [1.54, 1.807) is 23.3 Å². The monoisotopic (exact) mass is 514 g/mol. The Kier molecular flexibility index (Phi) is 6.44. The SMILES string of the molecule is O=C(Nc1nc(-c2ccccc2)c(-c2ccccc2)s1)Nc1cn(-c2ccccc2)nc1-c1cccnc1. The second-order valence-corrected chi connectivity index (χ2v) is 9.42. The van der Waals surface area contributed by atoms with Gasteiger partial charge in [-0.15, -0.1) is 0 Å². The smallest absolute Gasteiger partial charge is 0.304 e. The second kappa shape index (κ2) is 10.5. The van der Waals surface area contributed by atoms with Gasteiger partial charge in [-0.05, 0) is 29.8 Å². The fourth-order valence-electron chi connectivity index (χ4n) is 4.10. The van der Waals surface area contributed by atoms with E-state index < -0.39 is 6.03 Å². The average Bonchev–Trinajstić information content (AvgIpc) is 3.59. The Bertz CT molecular complexity index is 1610. The normalized spacial score (nSPS) is 10.7. The summed E-state index contributed by atoms with van der Waals surface area (Å²) in [4.78, 5) is 23.2. The molecule has 0 spiro atoms. The van der Waals surface area contributed by atoms with E-state index in [0.29, 0.717) is 16.5 Å². The summed E-state index contributed by atoms with van der Waals surface area (Å²) in [5, 5.41) is 11.1. The summed E-state index contributed by atoms with van der Waals surface area (Å²) in [6, 6.07) is 33.1. The third-order valence-electron chi connectivity index (χ3n) is 5.85. The molecule has 0 saturated heterocycles. The maximum absolute atomic E-state index is 13.2. The number of nitrogens with zero attached hydrogens (tertiary/aromatic N) is 4. The molecule has 184 valence electrons. The van der Waals surface area contributed by atoms with Crippen molar-refractivity contribution < 1.29 is 4.79 Å². The van der Waals surface area contributed by atoms with E-state index in [4.69, 9.17) is 10.1 Å². The van der Waals surface area contributed by atoms with Gasteiger partial charge in [-0.25, -0.2) is 14.5 Å². The number of amides is 2. The van der Waals surface area contributed by atoms with Gasteiger partial charge < -0.3 is 5.32 Å². The summed E-state index contributed by atoms with van der Waals surface area (Å²) in [5.74, 6) is 0. The van der Waals surface area contributed by atoms with Crippen LogP contribution in [0.3, 0.4) is 0 Å². The Hall–Kier alpha value is -5.08. The van der Waals surface area contributed by atoms with Gasteiger partial charge in [0, 0.05) is 23.5 Å². The number of benzene rings is 3. The molecular weight excluding hydrogens is 492 g/mol. The standard InChI is InChI=1S/C30H22N6OS/c37-29(32-25-20-36(24-16-8-3-9-17-24)35-26(25)23-15-10-18-31-19-23)34-30-33-27(21-11-4-1-5-12-21)28(38-30)22-13-6-2-7-14-22/h1-20H,(H2,32,33,34,37). The molecule has 0 unspecified atom stereocenters. The maximum Gasteiger partial charge on any atom is 0.325 e. The molecule has 6 aromatic rings. The number of hydrogen-bond donors (Lipinski definition) is 2. The lowest BCUT2D eigenvalue weighted by Crippen LogP contribution is -2.19. The van der Waals surface area contributed by atoms with Crippen molar-refractivity contribution in [1.82, 2.24) is 19.7 Å². The van der Waals surface area contributed by atoms with Crippen molar-refractivity contribution in [2.24, 2.45) is 0 Å².